The molecule has 1 atom stereocenters. The zero-order valence-corrected chi connectivity index (χ0v) is 14.2. The lowest BCUT2D eigenvalue weighted by Gasteiger charge is -2.20. The van der Waals surface area contributed by atoms with Crippen LogP contribution in [-0.4, -0.2) is 25.1 Å². The molecule has 0 aliphatic rings. The van der Waals surface area contributed by atoms with Crippen molar-refractivity contribution in [3.8, 4) is 0 Å². The van der Waals surface area contributed by atoms with Crippen LogP contribution in [-0.2, 0) is 0 Å². The second kappa shape index (κ2) is 7.57. The molecular formula is C17H25N3S. The van der Waals surface area contributed by atoms with E-state index in [9.17, 15) is 0 Å². The fourth-order valence-corrected chi connectivity index (χ4v) is 3.40. The third-order valence-electron chi connectivity index (χ3n) is 3.67. The van der Waals surface area contributed by atoms with Crippen LogP contribution in [0.4, 0.5) is 5.69 Å². The molecule has 21 heavy (non-hydrogen) atoms. The molecule has 1 N–H and O–H groups in total. The second-order valence-corrected chi connectivity index (χ2v) is 6.87. The van der Waals surface area contributed by atoms with Gasteiger partial charge in [-0.3, -0.25) is 0 Å². The molecule has 114 valence electrons. The van der Waals surface area contributed by atoms with Gasteiger partial charge in [-0.05, 0) is 45.9 Å². The predicted octanol–water partition coefficient (Wildman–Crippen LogP) is 3.94. The predicted molar refractivity (Wildman–Crippen MR) is 92.3 cm³/mol. The summed E-state index contributed by atoms with van der Waals surface area (Å²) in [6.07, 6.45) is 1.12. The van der Waals surface area contributed by atoms with E-state index in [-0.39, 0.29) is 0 Å². The molecule has 0 bridgehead atoms. The lowest BCUT2D eigenvalue weighted by atomic mass is 10.2. The zero-order valence-electron chi connectivity index (χ0n) is 13.4. The van der Waals surface area contributed by atoms with Crippen molar-refractivity contribution in [1.82, 2.24) is 10.3 Å². The van der Waals surface area contributed by atoms with Crippen LogP contribution < -0.4 is 10.2 Å². The maximum atomic E-state index is 4.62. The van der Waals surface area contributed by atoms with Crippen LogP contribution >= 0.6 is 11.3 Å². The van der Waals surface area contributed by atoms with E-state index in [0.717, 1.165) is 24.5 Å². The summed E-state index contributed by atoms with van der Waals surface area (Å²) in [4.78, 5) is 8.24. The Labute approximate surface area is 132 Å². The molecule has 0 radical (unpaired) electrons. The smallest absolute Gasteiger partial charge is 0.0900 e. The highest BCUT2D eigenvalue weighted by molar-refractivity contribution is 7.11. The van der Waals surface area contributed by atoms with Gasteiger partial charge in [-0.25, -0.2) is 4.98 Å². The third kappa shape index (κ3) is 4.55. The molecule has 3 nitrogen and oxygen atoms in total. The third-order valence-corrected chi connectivity index (χ3v) is 4.57. The van der Waals surface area contributed by atoms with Crippen molar-refractivity contribution in [2.45, 2.75) is 33.2 Å². The van der Waals surface area contributed by atoms with Crippen LogP contribution in [0, 0.1) is 13.8 Å². The number of para-hydroxylation sites is 1. The lowest BCUT2D eigenvalue weighted by molar-refractivity contribution is 0.547. The number of anilines is 1. The van der Waals surface area contributed by atoms with E-state index < -0.39 is 0 Å². The Balaban J connectivity index is 1.73. The minimum Gasteiger partial charge on any atom is -0.375 e. The van der Waals surface area contributed by atoms with Crippen LogP contribution in [0.1, 0.15) is 35.0 Å². The fourth-order valence-electron chi connectivity index (χ4n) is 2.49. The van der Waals surface area contributed by atoms with Gasteiger partial charge in [0.1, 0.15) is 0 Å². The first-order valence-electron chi connectivity index (χ1n) is 7.51. The maximum absolute atomic E-state index is 4.62. The van der Waals surface area contributed by atoms with E-state index in [2.05, 4.69) is 73.4 Å². The second-order valence-electron chi connectivity index (χ2n) is 5.46. The monoisotopic (exact) mass is 303 g/mol. The first-order chi connectivity index (χ1) is 10.1. The van der Waals surface area contributed by atoms with Crippen molar-refractivity contribution in [3.63, 3.8) is 0 Å². The van der Waals surface area contributed by atoms with E-state index in [1.54, 1.807) is 11.3 Å². The number of rotatable bonds is 7. The molecule has 0 aliphatic carbocycles. The summed E-state index contributed by atoms with van der Waals surface area (Å²) in [7, 11) is 2.15. The first kappa shape index (κ1) is 16.0. The molecule has 0 aliphatic heterocycles. The molecule has 0 saturated heterocycles. The molecule has 2 rings (SSSR count). The molecule has 1 aromatic heterocycles. The number of nitrogens with one attached hydrogen (secondary N) is 1. The molecule has 0 saturated carbocycles. The van der Waals surface area contributed by atoms with Crippen molar-refractivity contribution >= 4 is 17.0 Å². The van der Waals surface area contributed by atoms with Gasteiger partial charge in [-0.15, -0.1) is 11.3 Å². The van der Waals surface area contributed by atoms with Crippen molar-refractivity contribution in [1.29, 1.82) is 0 Å². The van der Waals surface area contributed by atoms with Crippen molar-refractivity contribution < 1.29 is 0 Å². The molecule has 0 spiro atoms. The minimum absolute atomic E-state index is 0.331. The van der Waals surface area contributed by atoms with E-state index in [1.807, 2.05) is 0 Å². The van der Waals surface area contributed by atoms with E-state index in [4.69, 9.17) is 0 Å². The van der Waals surface area contributed by atoms with Crippen LogP contribution in [0.3, 0.4) is 0 Å². The topological polar surface area (TPSA) is 28.2 Å². The molecule has 2 aromatic rings. The quantitative estimate of drug-likeness (QED) is 0.785. The Morgan fingerprint density at radius 3 is 2.57 bits per heavy atom. The summed E-state index contributed by atoms with van der Waals surface area (Å²) in [5.41, 5.74) is 2.48. The minimum atomic E-state index is 0.331. The molecule has 0 fully saturated rings. The fraction of sp³-hybridized carbons (Fsp3) is 0.471. The van der Waals surface area contributed by atoms with E-state index in [0.29, 0.717) is 6.04 Å². The van der Waals surface area contributed by atoms with Crippen molar-refractivity contribution in [2.75, 3.05) is 25.0 Å². The highest BCUT2D eigenvalue weighted by Gasteiger charge is 2.12. The Kier molecular flexibility index (Phi) is 5.76. The Bertz CT molecular complexity index is 550. The summed E-state index contributed by atoms with van der Waals surface area (Å²) in [5, 5.41) is 4.73. The van der Waals surface area contributed by atoms with E-state index >= 15 is 0 Å². The van der Waals surface area contributed by atoms with Crippen LogP contribution in [0.2, 0.25) is 0 Å². The van der Waals surface area contributed by atoms with Crippen molar-refractivity contribution in [2.24, 2.45) is 0 Å². The van der Waals surface area contributed by atoms with Crippen molar-refractivity contribution in [3.05, 3.63) is 45.9 Å². The van der Waals surface area contributed by atoms with Gasteiger partial charge in [0.25, 0.3) is 0 Å². The normalized spacial score (nSPS) is 12.4. The Morgan fingerprint density at radius 2 is 1.95 bits per heavy atom. The van der Waals surface area contributed by atoms with Crippen LogP contribution in [0.25, 0.3) is 0 Å². The summed E-state index contributed by atoms with van der Waals surface area (Å²) < 4.78 is 0. The molecule has 0 amide bonds. The Hall–Kier alpha value is -1.39. The number of aromatic nitrogens is 1. The highest BCUT2D eigenvalue weighted by Crippen LogP contribution is 2.22. The van der Waals surface area contributed by atoms with Gasteiger partial charge in [0.15, 0.2) is 0 Å². The number of nitrogens with zero attached hydrogens (tertiary/aromatic N) is 2. The number of aryl methyl sites for hydroxylation is 2. The molecule has 1 aromatic carbocycles. The molecule has 1 heterocycles. The maximum Gasteiger partial charge on any atom is 0.0900 e. The molecular weight excluding hydrogens is 278 g/mol. The van der Waals surface area contributed by atoms with E-state index in [1.165, 1.54) is 16.3 Å². The Morgan fingerprint density at radius 1 is 1.24 bits per heavy atom. The molecule has 4 heteroatoms. The van der Waals surface area contributed by atoms with Gasteiger partial charge in [0.2, 0.25) is 0 Å². The summed E-state index contributed by atoms with van der Waals surface area (Å²) in [6, 6.07) is 10.9. The summed E-state index contributed by atoms with van der Waals surface area (Å²) in [5.74, 6) is 0. The van der Waals surface area contributed by atoms with Gasteiger partial charge < -0.3 is 10.2 Å². The average Bonchev–Trinajstić information content (AvgIpc) is 2.83. The largest absolute Gasteiger partial charge is 0.375 e. The first-order valence-corrected chi connectivity index (χ1v) is 8.33. The van der Waals surface area contributed by atoms with Gasteiger partial charge in [-0.1, -0.05) is 18.2 Å². The lowest BCUT2D eigenvalue weighted by Crippen LogP contribution is -2.26. The standard InChI is InChI=1S/C17H25N3S/c1-13(17-14(2)21-15(3)19-17)18-11-8-12-20(4)16-9-6-5-7-10-16/h5-7,9-10,13,18H,8,11-12H2,1-4H3. The highest BCUT2D eigenvalue weighted by atomic mass is 32.1. The summed E-state index contributed by atoms with van der Waals surface area (Å²) >= 11 is 1.78. The van der Waals surface area contributed by atoms with Gasteiger partial charge in [0.05, 0.1) is 10.7 Å². The number of hydrogen-bond acceptors (Lipinski definition) is 4. The average molecular weight is 303 g/mol. The van der Waals surface area contributed by atoms with Gasteiger partial charge in [0, 0.05) is 30.2 Å². The number of benzene rings is 1. The number of hydrogen-bond donors (Lipinski definition) is 1. The van der Waals surface area contributed by atoms with Gasteiger partial charge in [-0.2, -0.15) is 0 Å². The van der Waals surface area contributed by atoms with Crippen LogP contribution in [0.5, 0.6) is 0 Å². The zero-order chi connectivity index (χ0) is 15.2. The van der Waals surface area contributed by atoms with Crippen LogP contribution in [0.15, 0.2) is 30.3 Å². The number of thiazole rings is 1. The molecule has 1 unspecified atom stereocenters. The SMILES string of the molecule is Cc1nc(C(C)NCCCN(C)c2ccccc2)c(C)s1. The van der Waals surface area contributed by atoms with Gasteiger partial charge >= 0.3 is 0 Å². The summed E-state index contributed by atoms with van der Waals surface area (Å²) in [6.45, 7) is 8.49.